The minimum Gasteiger partial charge on any atom is -0.481 e. The van der Waals surface area contributed by atoms with E-state index in [2.05, 4.69) is 4.74 Å². The molecule has 0 radical (unpaired) electrons. The molecule has 0 heterocycles. The monoisotopic (exact) mass is 234 g/mol. The van der Waals surface area contributed by atoms with Gasteiger partial charge in [0, 0.05) is 13.7 Å². The van der Waals surface area contributed by atoms with Crippen LogP contribution >= 0.6 is 0 Å². The Balaban J connectivity index is 3.86. The third-order valence-electron chi connectivity index (χ3n) is 1.85. The first-order valence-corrected chi connectivity index (χ1v) is 5.09. The molecule has 0 spiro atoms. The van der Waals surface area contributed by atoms with Crippen molar-refractivity contribution >= 4 is 11.9 Å². The van der Waals surface area contributed by atoms with Crippen molar-refractivity contribution in [1.29, 1.82) is 0 Å². The minimum atomic E-state index is -1.19. The van der Waals surface area contributed by atoms with E-state index in [0.29, 0.717) is 13.2 Å². The highest BCUT2D eigenvalue weighted by Gasteiger charge is 2.27. The molecule has 0 aromatic carbocycles. The Labute approximate surface area is 94.5 Å². The van der Waals surface area contributed by atoms with Crippen molar-refractivity contribution in [2.24, 2.45) is 5.92 Å². The Hall–Kier alpha value is -1.14. The largest absolute Gasteiger partial charge is 0.481 e. The number of rotatable bonds is 9. The molecule has 6 heteroatoms. The number of aliphatic carboxylic acids is 1. The van der Waals surface area contributed by atoms with E-state index < -0.39 is 17.9 Å². The minimum absolute atomic E-state index is 0.109. The Morgan fingerprint density at radius 2 is 1.94 bits per heavy atom. The van der Waals surface area contributed by atoms with Crippen molar-refractivity contribution < 1.29 is 28.9 Å². The van der Waals surface area contributed by atoms with Crippen molar-refractivity contribution in [1.82, 2.24) is 0 Å². The number of esters is 1. The number of carboxylic acids is 1. The maximum Gasteiger partial charge on any atom is 0.320 e. The number of hydrogen-bond donors (Lipinski definition) is 1. The molecular weight excluding hydrogens is 216 g/mol. The van der Waals surface area contributed by atoms with Gasteiger partial charge in [0.25, 0.3) is 0 Å². The number of hydrogen-bond acceptors (Lipinski definition) is 5. The summed E-state index contributed by atoms with van der Waals surface area (Å²) in [5, 5.41) is 8.79. The van der Waals surface area contributed by atoms with Crippen LogP contribution in [-0.4, -0.2) is 50.6 Å². The fourth-order valence-electron chi connectivity index (χ4n) is 1.03. The summed E-state index contributed by atoms with van der Waals surface area (Å²) in [6, 6.07) is 0. The van der Waals surface area contributed by atoms with Crippen molar-refractivity contribution in [2.75, 3.05) is 33.5 Å². The fraction of sp³-hybridized carbons (Fsp3) is 0.800. The molecule has 6 nitrogen and oxygen atoms in total. The number of methoxy groups -OCH3 is 1. The molecule has 0 rings (SSSR count). The molecule has 0 aliphatic rings. The Morgan fingerprint density at radius 1 is 1.25 bits per heavy atom. The summed E-state index contributed by atoms with van der Waals surface area (Å²) in [4.78, 5) is 22.0. The van der Waals surface area contributed by atoms with Gasteiger partial charge >= 0.3 is 11.9 Å². The van der Waals surface area contributed by atoms with Crippen LogP contribution in [0.2, 0.25) is 0 Å². The standard InChI is InChI=1S/C10H18O6/c1-3-16-10(13)8(9(11)12)4-5-15-7-6-14-2/h8H,3-7H2,1-2H3,(H,11,12). The third-order valence-corrected chi connectivity index (χ3v) is 1.85. The van der Waals surface area contributed by atoms with Crippen LogP contribution in [0.4, 0.5) is 0 Å². The average Bonchev–Trinajstić information content (AvgIpc) is 2.23. The number of carbonyl (C=O) groups is 2. The van der Waals surface area contributed by atoms with Crippen LogP contribution in [0, 0.1) is 5.92 Å². The molecule has 94 valence electrons. The van der Waals surface area contributed by atoms with Gasteiger partial charge < -0.3 is 19.3 Å². The molecule has 0 aliphatic heterocycles. The summed E-state index contributed by atoms with van der Waals surface area (Å²) in [6.45, 7) is 2.82. The van der Waals surface area contributed by atoms with E-state index >= 15 is 0 Å². The molecule has 1 unspecified atom stereocenters. The van der Waals surface area contributed by atoms with Crippen molar-refractivity contribution in [3.8, 4) is 0 Å². The second kappa shape index (κ2) is 9.11. The maximum atomic E-state index is 11.2. The molecular formula is C10H18O6. The van der Waals surface area contributed by atoms with Crippen molar-refractivity contribution in [2.45, 2.75) is 13.3 Å². The first-order valence-electron chi connectivity index (χ1n) is 5.09. The lowest BCUT2D eigenvalue weighted by Crippen LogP contribution is -2.27. The number of carbonyl (C=O) groups excluding carboxylic acids is 1. The van der Waals surface area contributed by atoms with Gasteiger partial charge in [-0.1, -0.05) is 0 Å². The molecule has 0 saturated heterocycles. The topological polar surface area (TPSA) is 82.1 Å². The van der Waals surface area contributed by atoms with Crippen LogP contribution in [0.15, 0.2) is 0 Å². The van der Waals surface area contributed by atoms with E-state index in [1.54, 1.807) is 14.0 Å². The Kier molecular flexibility index (Phi) is 8.46. The fourth-order valence-corrected chi connectivity index (χ4v) is 1.03. The predicted molar refractivity (Wildman–Crippen MR) is 55.1 cm³/mol. The highest BCUT2D eigenvalue weighted by atomic mass is 16.5. The summed E-state index contributed by atoms with van der Waals surface area (Å²) in [6.07, 6.45) is 0.109. The van der Waals surface area contributed by atoms with E-state index in [-0.39, 0.29) is 19.6 Å². The maximum absolute atomic E-state index is 11.2. The second-order valence-corrected chi connectivity index (χ2v) is 3.04. The van der Waals surface area contributed by atoms with Crippen LogP contribution < -0.4 is 0 Å². The average molecular weight is 234 g/mol. The lowest BCUT2D eigenvalue weighted by Gasteiger charge is -2.11. The summed E-state index contributed by atoms with van der Waals surface area (Å²) in [7, 11) is 1.54. The molecule has 0 aliphatic carbocycles. The zero-order valence-corrected chi connectivity index (χ0v) is 9.60. The van der Waals surface area contributed by atoms with Crippen LogP contribution in [0.1, 0.15) is 13.3 Å². The molecule has 0 aromatic heterocycles. The first-order chi connectivity index (χ1) is 7.63. The molecule has 0 saturated carbocycles. The van der Waals surface area contributed by atoms with Gasteiger partial charge in [-0.2, -0.15) is 0 Å². The second-order valence-electron chi connectivity index (χ2n) is 3.04. The summed E-state index contributed by atoms with van der Waals surface area (Å²) in [5.74, 6) is -3.05. The van der Waals surface area contributed by atoms with Gasteiger partial charge in [-0.25, -0.2) is 0 Å². The van der Waals surface area contributed by atoms with E-state index in [1.807, 2.05) is 0 Å². The summed E-state index contributed by atoms with van der Waals surface area (Å²) < 4.78 is 14.5. The lowest BCUT2D eigenvalue weighted by molar-refractivity contribution is -0.159. The molecule has 16 heavy (non-hydrogen) atoms. The molecule has 1 atom stereocenters. The van der Waals surface area contributed by atoms with E-state index in [0.717, 1.165) is 0 Å². The zero-order valence-electron chi connectivity index (χ0n) is 9.60. The van der Waals surface area contributed by atoms with Gasteiger partial charge in [-0.15, -0.1) is 0 Å². The molecule has 0 aromatic rings. The first kappa shape index (κ1) is 14.9. The van der Waals surface area contributed by atoms with E-state index in [9.17, 15) is 9.59 Å². The molecule has 0 bridgehead atoms. The van der Waals surface area contributed by atoms with Gasteiger partial charge in [0.2, 0.25) is 0 Å². The number of carboxylic acid groups (broad SMARTS) is 1. The third kappa shape index (κ3) is 6.36. The highest BCUT2D eigenvalue weighted by Crippen LogP contribution is 2.06. The number of ether oxygens (including phenoxy) is 3. The van der Waals surface area contributed by atoms with Gasteiger partial charge in [-0.05, 0) is 13.3 Å². The molecule has 1 N–H and O–H groups in total. The van der Waals surface area contributed by atoms with Gasteiger partial charge in [-0.3, -0.25) is 9.59 Å². The normalized spacial score (nSPS) is 12.1. The van der Waals surface area contributed by atoms with Crippen LogP contribution in [0.3, 0.4) is 0 Å². The highest BCUT2D eigenvalue weighted by molar-refractivity contribution is 5.93. The van der Waals surface area contributed by atoms with Gasteiger partial charge in [0.1, 0.15) is 0 Å². The Morgan fingerprint density at radius 3 is 2.44 bits per heavy atom. The van der Waals surface area contributed by atoms with Crippen LogP contribution in [-0.2, 0) is 23.8 Å². The summed E-state index contributed by atoms with van der Waals surface area (Å²) in [5.41, 5.74) is 0. The zero-order chi connectivity index (χ0) is 12.4. The smallest absolute Gasteiger partial charge is 0.320 e. The van der Waals surface area contributed by atoms with Crippen molar-refractivity contribution in [3.05, 3.63) is 0 Å². The molecule has 0 fully saturated rings. The van der Waals surface area contributed by atoms with E-state index in [4.69, 9.17) is 14.6 Å². The van der Waals surface area contributed by atoms with Crippen molar-refractivity contribution in [3.63, 3.8) is 0 Å². The van der Waals surface area contributed by atoms with Crippen LogP contribution in [0.25, 0.3) is 0 Å². The van der Waals surface area contributed by atoms with Gasteiger partial charge in [0.15, 0.2) is 5.92 Å². The Bertz CT molecular complexity index is 215. The van der Waals surface area contributed by atoms with Gasteiger partial charge in [0.05, 0.1) is 19.8 Å². The molecule has 0 amide bonds. The van der Waals surface area contributed by atoms with E-state index in [1.165, 1.54) is 0 Å². The quantitative estimate of drug-likeness (QED) is 0.351. The van der Waals surface area contributed by atoms with Crippen LogP contribution in [0.5, 0.6) is 0 Å². The SMILES string of the molecule is CCOC(=O)C(CCOCCOC)C(=O)O. The lowest BCUT2D eigenvalue weighted by atomic mass is 10.1. The predicted octanol–water partition coefficient (Wildman–Crippen LogP) is 0.303. The summed E-state index contributed by atoms with van der Waals surface area (Å²) >= 11 is 0.